The number of benzene rings is 1. The summed E-state index contributed by atoms with van der Waals surface area (Å²) in [4.78, 5) is 26.1. The van der Waals surface area contributed by atoms with Crippen molar-refractivity contribution in [2.75, 3.05) is 0 Å². The SMILES string of the molecule is CCCC(CC)OC(=O)C1=C(C)NC2=C(C(=O)CCC2)C1c1ccccc1C(F)(F)F. The summed E-state index contributed by atoms with van der Waals surface area (Å²) in [7, 11) is 0. The van der Waals surface area contributed by atoms with Crippen molar-refractivity contribution in [2.45, 2.75) is 77.5 Å². The van der Waals surface area contributed by atoms with Crippen molar-refractivity contribution >= 4 is 11.8 Å². The number of nitrogens with one attached hydrogen (secondary N) is 1. The molecule has 2 unspecified atom stereocenters. The van der Waals surface area contributed by atoms with E-state index in [1.165, 1.54) is 18.2 Å². The Morgan fingerprint density at radius 1 is 1.23 bits per heavy atom. The smallest absolute Gasteiger partial charge is 0.416 e. The Morgan fingerprint density at radius 2 is 1.94 bits per heavy atom. The fourth-order valence-electron chi connectivity index (χ4n) is 4.45. The average molecular weight is 435 g/mol. The molecule has 0 bridgehead atoms. The molecule has 1 heterocycles. The monoisotopic (exact) mass is 435 g/mol. The predicted octanol–water partition coefficient (Wildman–Crippen LogP) is 5.80. The minimum Gasteiger partial charge on any atom is -0.459 e. The quantitative estimate of drug-likeness (QED) is 0.574. The van der Waals surface area contributed by atoms with E-state index in [0.717, 1.165) is 12.5 Å². The van der Waals surface area contributed by atoms with Crippen LogP contribution in [0, 0.1) is 0 Å². The van der Waals surface area contributed by atoms with E-state index in [0.29, 0.717) is 37.1 Å². The molecule has 168 valence electrons. The molecule has 1 aliphatic heterocycles. The third-order valence-corrected chi connectivity index (χ3v) is 5.91. The van der Waals surface area contributed by atoms with E-state index in [-0.39, 0.29) is 35.0 Å². The number of alkyl halides is 3. The fourth-order valence-corrected chi connectivity index (χ4v) is 4.45. The molecule has 0 aromatic heterocycles. The van der Waals surface area contributed by atoms with Crippen LogP contribution in [-0.4, -0.2) is 17.9 Å². The van der Waals surface area contributed by atoms with Gasteiger partial charge in [-0.25, -0.2) is 4.79 Å². The first-order valence-electron chi connectivity index (χ1n) is 10.8. The average Bonchev–Trinajstić information content (AvgIpc) is 2.71. The zero-order valence-corrected chi connectivity index (χ0v) is 18.1. The highest BCUT2D eigenvalue weighted by atomic mass is 19.4. The largest absolute Gasteiger partial charge is 0.459 e. The Labute approximate surface area is 180 Å². The van der Waals surface area contributed by atoms with E-state index >= 15 is 0 Å². The van der Waals surface area contributed by atoms with Gasteiger partial charge in [0.25, 0.3) is 0 Å². The third kappa shape index (κ3) is 4.70. The van der Waals surface area contributed by atoms with Gasteiger partial charge < -0.3 is 10.1 Å². The second-order valence-corrected chi connectivity index (χ2v) is 8.07. The maximum absolute atomic E-state index is 13.9. The van der Waals surface area contributed by atoms with Gasteiger partial charge in [-0.1, -0.05) is 38.5 Å². The molecule has 0 saturated carbocycles. The maximum atomic E-state index is 13.9. The number of esters is 1. The zero-order valence-electron chi connectivity index (χ0n) is 18.1. The molecular formula is C24H28F3NO3. The van der Waals surface area contributed by atoms with Gasteiger partial charge in [0.15, 0.2) is 5.78 Å². The molecule has 0 amide bonds. The summed E-state index contributed by atoms with van der Waals surface area (Å²) in [5, 5.41) is 3.12. The molecule has 3 rings (SSSR count). The third-order valence-electron chi connectivity index (χ3n) is 5.91. The summed E-state index contributed by atoms with van der Waals surface area (Å²) < 4.78 is 47.3. The first-order chi connectivity index (χ1) is 14.7. The Kier molecular flexibility index (Phi) is 6.92. The summed E-state index contributed by atoms with van der Waals surface area (Å²) in [6.45, 7) is 5.53. The summed E-state index contributed by atoms with van der Waals surface area (Å²) >= 11 is 0. The van der Waals surface area contributed by atoms with Gasteiger partial charge in [0.2, 0.25) is 0 Å². The Bertz CT molecular complexity index is 930. The van der Waals surface area contributed by atoms with Crippen molar-refractivity contribution in [3.8, 4) is 0 Å². The van der Waals surface area contributed by atoms with Gasteiger partial charge in [-0.05, 0) is 44.2 Å². The number of ether oxygens (including phenoxy) is 1. The molecule has 0 spiro atoms. The summed E-state index contributed by atoms with van der Waals surface area (Å²) in [6, 6.07) is 5.17. The number of Topliss-reactive ketones (excluding diaryl/α,β-unsaturated/α-hetero) is 1. The summed E-state index contributed by atoms with van der Waals surface area (Å²) in [6.07, 6.45) is -1.42. The maximum Gasteiger partial charge on any atom is 0.416 e. The number of allylic oxidation sites excluding steroid dienone is 3. The van der Waals surface area contributed by atoms with Crippen molar-refractivity contribution in [1.29, 1.82) is 0 Å². The van der Waals surface area contributed by atoms with Gasteiger partial charge in [0.05, 0.1) is 11.1 Å². The van der Waals surface area contributed by atoms with Crippen LogP contribution in [0.4, 0.5) is 13.2 Å². The Morgan fingerprint density at radius 3 is 2.58 bits per heavy atom. The van der Waals surface area contributed by atoms with Crippen LogP contribution in [0.3, 0.4) is 0 Å². The van der Waals surface area contributed by atoms with Crippen LogP contribution < -0.4 is 5.32 Å². The van der Waals surface area contributed by atoms with Gasteiger partial charge in [-0.2, -0.15) is 13.2 Å². The summed E-state index contributed by atoms with van der Waals surface area (Å²) in [5.74, 6) is -2.00. The van der Waals surface area contributed by atoms with Gasteiger partial charge in [-0.15, -0.1) is 0 Å². The molecule has 0 radical (unpaired) electrons. The predicted molar refractivity (Wildman–Crippen MR) is 111 cm³/mol. The van der Waals surface area contributed by atoms with Crippen LogP contribution in [0.25, 0.3) is 0 Å². The second-order valence-electron chi connectivity index (χ2n) is 8.07. The molecule has 1 aliphatic carbocycles. The van der Waals surface area contributed by atoms with Crippen molar-refractivity contribution < 1.29 is 27.5 Å². The lowest BCUT2D eigenvalue weighted by atomic mass is 9.74. The van der Waals surface area contributed by atoms with E-state index < -0.39 is 23.6 Å². The van der Waals surface area contributed by atoms with Crippen LogP contribution >= 0.6 is 0 Å². The van der Waals surface area contributed by atoms with Crippen molar-refractivity contribution in [1.82, 2.24) is 5.32 Å². The first-order valence-corrected chi connectivity index (χ1v) is 10.8. The number of ketones is 1. The molecule has 1 aromatic carbocycles. The minimum atomic E-state index is -4.61. The van der Waals surface area contributed by atoms with E-state index in [2.05, 4.69) is 5.32 Å². The van der Waals surface area contributed by atoms with Crippen molar-refractivity contribution in [3.63, 3.8) is 0 Å². The molecule has 4 nitrogen and oxygen atoms in total. The van der Waals surface area contributed by atoms with Gasteiger partial charge in [0.1, 0.15) is 6.10 Å². The number of carbonyl (C=O) groups excluding carboxylic acids is 2. The molecule has 7 heteroatoms. The topological polar surface area (TPSA) is 55.4 Å². The van der Waals surface area contributed by atoms with E-state index in [9.17, 15) is 22.8 Å². The van der Waals surface area contributed by atoms with Crippen LogP contribution in [0.1, 0.15) is 76.3 Å². The molecular weight excluding hydrogens is 407 g/mol. The number of rotatable bonds is 6. The number of dihydropyridines is 1. The molecule has 1 aromatic rings. The van der Waals surface area contributed by atoms with Gasteiger partial charge in [0, 0.05) is 29.3 Å². The molecule has 31 heavy (non-hydrogen) atoms. The zero-order chi connectivity index (χ0) is 22.8. The highest BCUT2D eigenvalue weighted by molar-refractivity contribution is 6.03. The normalized spacial score (nSPS) is 20.3. The van der Waals surface area contributed by atoms with E-state index in [1.54, 1.807) is 6.92 Å². The molecule has 0 fully saturated rings. The highest BCUT2D eigenvalue weighted by Gasteiger charge is 2.43. The lowest BCUT2D eigenvalue weighted by Crippen LogP contribution is -2.36. The molecule has 2 aliphatic rings. The molecule has 0 saturated heterocycles. The lowest BCUT2D eigenvalue weighted by Gasteiger charge is -2.35. The molecule has 2 atom stereocenters. The Hall–Kier alpha value is -2.57. The minimum absolute atomic E-state index is 0.0836. The summed E-state index contributed by atoms with van der Waals surface area (Å²) in [5.41, 5.74) is 0.448. The van der Waals surface area contributed by atoms with E-state index in [1.807, 2.05) is 13.8 Å². The van der Waals surface area contributed by atoms with Crippen LogP contribution in [-0.2, 0) is 20.5 Å². The number of halogens is 3. The van der Waals surface area contributed by atoms with Crippen LogP contribution in [0.2, 0.25) is 0 Å². The first kappa shape index (κ1) is 23.1. The highest BCUT2D eigenvalue weighted by Crippen LogP contribution is 2.46. The standard InChI is InChI=1S/C24H28F3NO3/c1-4-9-15(5-2)31-23(30)20-14(3)28-18-12-8-13-19(29)22(18)21(20)16-10-6-7-11-17(16)24(25,26)27/h6-7,10-11,15,21,28H,4-5,8-9,12-13H2,1-3H3. The fraction of sp³-hybridized carbons (Fsp3) is 0.500. The van der Waals surface area contributed by atoms with Crippen molar-refractivity contribution in [2.24, 2.45) is 0 Å². The van der Waals surface area contributed by atoms with Crippen LogP contribution in [0.15, 0.2) is 46.8 Å². The lowest BCUT2D eigenvalue weighted by molar-refractivity contribution is -0.145. The van der Waals surface area contributed by atoms with Crippen LogP contribution in [0.5, 0.6) is 0 Å². The number of carbonyl (C=O) groups is 2. The second kappa shape index (κ2) is 9.28. The van der Waals surface area contributed by atoms with Gasteiger partial charge in [-0.3, -0.25) is 4.79 Å². The van der Waals surface area contributed by atoms with Gasteiger partial charge >= 0.3 is 12.1 Å². The Balaban J connectivity index is 2.16. The number of hydrogen-bond acceptors (Lipinski definition) is 4. The van der Waals surface area contributed by atoms with E-state index in [4.69, 9.17) is 4.74 Å². The molecule has 1 N–H and O–H groups in total. The van der Waals surface area contributed by atoms with Crippen molar-refractivity contribution in [3.05, 3.63) is 57.9 Å². The number of hydrogen-bond donors (Lipinski definition) is 1.